The second-order valence-corrected chi connectivity index (χ2v) is 5.24. The van der Waals surface area contributed by atoms with Crippen LogP contribution in [-0.2, 0) is 6.54 Å². The summed E-state index contributed by atoms with van der Waals surface area (Å²) in [5.74, 6) is 0. The molecule has 0 saturated heterocycles. The molecule has 0 bridgehead atoms. The van der Waals surface area contributed by atoms with Crippen LogP contribution in [0.3, 0.4) is 0 Å². The Balaban J connectivity index is 2.43. The number of rotatable bonds is 4. The van der Waals surface area contributed by atoms with E-state index in [9.17, 15) is 0 Å². The van der Waals surface area contributed by atoms with Gasteiger partial charge in [-0.25, -0.2) is 0 Å². The van der Waals surface area contributed by atoms with Gasteiger partial charge < -0.3 is 5.32 Å². The van der Waals surface area contributed by atoms with E-state index in [4.69, 9.17) is 11.6 Å². The number of hydrogen-bond acceptors (Lipinski definition) is 2. The number of aromatic nitrogens is 1. The molecule has 0 radical (unpaired) electrons. The van der Waals surface area contributed by atoms with Crippen LogP contribution in [0.15, 0.2) is 41.0 Å². The zero-order valence-corrected chi connectivity index (χ0v) is 12.4. The molecular weight excluding hydrogens is 312 g/mol. The van der Waals surface area contributed by atoms with E-state index in [1.165, 1.54) is 0 Å². The summed E-state index contributed by atoms with van der Waals surface area (Å²) >= 11 is 9.69. The monoisotopic (exact) mass is 324 g/mol. The second kappa shape index (κ2) is 6.32. The van der Waals surface area contributed by atoms with Crippen molar-refractivity contribution in [2.24, 2.45) is 0 Å². The van der Waals surface area contributed by atoms with Crippen LogP contribution in [0, 0.1) is 0 Å². The molecule has 18 heavy (non-hydrogen) atoms. The molecule has 0 amide bonds. The third kappa shape index (κ3) is 3.10. The van der Waals surface area contributed by atoms with E-state index in [1.54, 1.807) is 6.20 Å². The molecule has 2 aromatic rings. The molecule has 2 rings (SSSR count). The Morgan fingerprint density at radius 2 is 2.17 bits per heavy atom. The van der Waals surface area contributed by atoms with Crippen molar-refractivity contribution < 1.29 is 0 Å². The molecule has 0 aliphatic rings. The molecule has 0 aliphatic heterocycles. The van der Waals surface area contributed by atoms with Crippen molar-refractivity contribution in [1.29, 1.82) is 0 Å². The van der Waals surface area contributed by atoms with E-state index in [1.807, 2.05) is 24.3 Å². The Hall–Kier alpha value is -0.900. The lowest BCUT2D eigenvalue weighted by Crippen LogP contribution is -2.12. The summed E-state index contributed by atoms with van der Waals surface area (Å²) in [6, 6.07) is 9.88. The van der Waals surface area contributed by atoms with Gasteiger partial charge in [-0.05, 0) is 30.3 Å². The highest BCUT2D eigenvalue weighted by atomic mass is 79.9. The third-order valence-electron chi connectivity index (χ3n) is 2.64. The van der Waals surface area contributed by atoms with Crippen molar-refractivity contribution in [3.8, 4) is 11.3 Å². The summed E-state index contributed by atoms with van der Waals surface area (Å²) in [7, 11) is 0. The molecule has 1 N–H and O–H groups in total. The Morgan fingerprint density at radius 3 is 2.89 bits per heavy atom. The number of pyridine rings is 1. The van der Waals surface area contributed by atoms with Gasteiger partial charge in [-0.3, -0.25) is 4.98 Å². The van der Waals surface area contributed by atoms with Crippen LogP contribution in [0.2, 0.25) is 5.02 Å². The summed E-state index contributed by atoms with van der Waals surface area (Å²) in [6.45, 7) is 3.82. The SMILES string of the molecule is CCNCc1cccnc1-c1ccc(Br)cc1Cl. The van der Waals surface area contributed by atoms with Crippen molar-refractivity contribution in [1.82, 2.24) is 10.3 Å². The van der Waals surface area contributed by atoms with Crippen LogP contribution >= 0.6 is 27.5 Å². The van der Waals surface area contributed by atoms with E-state index in [0.29, 0.717) is 5.02 Å². The van der Waals surface area contributed by atoms with Crippen LogP contribution in [0.4, 0.5) is 0 Å². The number of nitrogens with one attached hydrogen (secondary N) is 1. The fourth-order valence-corrected chi connectivity index (χ4v) is 2.53. The Labute approximate surface area is 121 Å². The van der Waals surface area contributed by atoms with Gasteiger partial charge >= 0.3 is 0 Å². The van der Waals surface area contributed by atoms with Crippen molar-refractivity contribution in [3.05, 3.63) is 51.6 Å². The lowest BCUT2D eigenvalue weighted by Gasteiger charge is -2.10. The number of nitrogens with zero attached hydrogens (tertiary/aromatic N) is 1. The van der Waals surface area contributed by atoms with Crippen LogP contribution in [0.5, 0.6) is 0 Å². The quantitative estimate of drug-likeness (QED) is 0.908. The Morgan fingerprint density at radius 1 is 1.33 bits per heavy atom. The van der Waals surface area contributed by atoms with E-state index in [0.717, 1.165) is 34.4 Å². The topological polar surface area (TPSA) is 24.9 Å². The summed E-state index contributed by atoms with van der Waals surface area (Å²) < 4.78 is 0.973. The highest BCUT2D eigenvalue weighted by molar-refractivity contribution is 9.10. The van der Waals surface area contributed by atoms with Gasteiger partial charge in [0.15, 0.2) is 0 Å². The lowest BCUT2D eigenvalue weighted by atomic mass is 10.1. The van der Waals surface area contributed by atoms with Gasteiger partial charge in [0.1, 0.15) is 0 Å². The zero-order valence-electron chi connectivity index (χ0n) is 10.1. The first-order valence-electron chi connectivity index (χ1n) is 5.82. The van der Waals surface area contributed by atoms with Crippen molar-refractivity contribution in [3.63, 3.8) is 0 Å². The van der Waals surface area contributed by atoms with Gasteiger partial charge in [0.2, 0.25) is 0 Å². The molecule has 1 heterocycles. The van der Waals surface area contributed by atoms with E-state index in [-0.39, 0.29) is 0 Å². The average molecular weight is 326 g/mol. The minimum atomic E-state index is 0.709. The molecule has 94 valence electrons. The van der Waals surface area contributed by atoms with Gasteiger partial charge in [-0.2, -0.15) is 0 Å². The highest BCUT2D eigenvalue weighted by Gasteiger charge is 2.09. The predicted molar refractivity (Wildman–Crippen MR) is 79.8 cm³/mol. The van der Waals surface area contributed by atoms with E-state index in [2.05, 4.69) is 39.2 Å². The van der Waals surface area contributed by atoms with Crippen LogP contribution in [-0.4, -0.2) is 11.5 Å². The van der Waals surface area contributed by atoms with Gasteiger partial charge in [0, 0.05) is 22.8 Å². The number of hydrogen-bond donors (Lipinski definition) is 1. The van der Waals surface area contributed by atoms with E-state index >= 15 is 0 Å². The lowest BCUT2D eigenvalue weighted by molar-refractivity contribution is 0.726. The van der Waals surface area contributed by atoms with Gasteiger partial charge in [0.25, 0.3) is 0 Å². The number of benzene rings is 1. The summed E-state index contributed by atoms with van der Waals surface area (Å²) in [4.78, 5) is 4.45. The first-order chi connectivity index (χ1) is 8.72. The molecule has 4 heteroatoms. The molecule has 0 atom stereocenters. The highest BCUT2D eigenvalue weighted by Crippen LogP contribution is 2.31. The first-order valence-corrected chi connectivity index (χ1v) is 6.99. The smallest absolute Gasteiger partial charge is 0.0761 e. The standard InChI is InChI=1S/C14H14BrClN2/c1-2-17-9-10-4-3-7-18-14(10)12-6-5-11(15)8-13(12)16/h3-8,17H,2,9H2,1H3. The third-order valence-corrected chi connectivity index (χ3v) is 3.45. The van der Waals surface area contributed by atoms with Crippen molar-refractivity contribution >= 4 is 27.5 Å². The Kier molecular flexibility index (Phi) is 4.75. The molecule has 0 spiro atoms. The van der Waals surface area contributed by atoms with Crippen molar-refractivity contribution in [2.75, 3.05) is 6.54 Å². The maximum absolute atomic E-state index is 6.28. The molecule has 1 aromatic carbocycles. The molecule has 1 aromatic heterocycles. The summed E-state index contributed by atoms with van der Waals surface area (Å²) in [6.07, 6.45) is 1.79. The molecule has 0 fully saturated rings. The fourth-order valence-electron chi connectivity index (χ4n) is 1.76. The van der Waals surface area contributed by atoms with Gasteiger partial charge in [-0.1, -0.05) is 46.6 Å². The normalized spacial score (nSPS) is 10.6. The maximum Gasteiger partial charge on any atom is 0.0761 e. The van der Waals surface area contributed by atoms with E-state index < -0.39 is 0 Å². The van der Waals surface area contributed by atoms with Crippen LogP contribution in [0.1, 0.15) is 12.5 Å². The Bertz CT molecular complexity index is 543. The molecule has 0 aliphatic carbocycles. The minimum absolute atomic E-state index is 0.709. The second-order valence-electron chi connectivity index (χ2n) is 3.92. The van der Waals surface area contributed by atoms with Crippen molar-refractivity contribution in [2.45, 2.75) is 13.5 Å². The minimum Gasteiger partial charge on any atom is -0.313 e. The van der Waals surface area contributed by atoms with Crippen LogP contribution < -0.4 is 5.32 Å². The maximum atomic E-state index is 6.28. The fraction of sp³-hybridized carbons (Fsp3) is 0.214. The van der Waals surface area contributed by atoms with Crippen LogP contribution in [0.25, 0.3) is 11.3 Å². The molecule has 2 nitrogen and oxygen atoms in total. The molecular formula is C14H14BrClN2. The molecule has 0 unspecified atom stereocenters. The predicted octanol–water partition coefficient (Wildman–Crippen LogP) is 4.27. The largest absolute Gasteiger partial charge is 0.313 e. The number of halogens is 2. The summed E-state index contributed by atoms with van der Waals surface area (Å²) in [5, 5.41) is 4.02. The molecule has 0 saturated carbocycles. The first kappa shape index (κ1) is 13.5. The van der Waals surface area contributed by atoms with Gasteiger partial charge in [-0.15, -0.1) is 0 Å². The van der Waals surface area contributed by atoms with Gasteiger partial charge in [0.05, 0.1) is 10.7 Å². The summed E-state index contributed by atoms with van der Waals surface area (Å²) in [5.41, 5.74) is 3.06. The zero-order chi connectivity index (χ0) is 13.0. The average Bonchev–Trinajstić information content (AvgIpc) is 2.37.